The van der Waals surface area contributed by atoms with Crippen LogP contribution in [-0.4, -0.2) is 19.3 Å². The number of benzene rings is 1. The maximum atomic E-state index is 5.46. The van der Waals surface area contributed by atoms with Crippen molar-refractivity contribution in [2.24, 2.45) is 0 Å². The highest BCUT2D eigenvalue weighted by molar-refractivity contribution is 5.47. The van der Waals surface area contributed by atoms with E-state index in [4.69, 9.17) is 4.52 Å². The van der Waals surface area contributed by atoms with Crippen molar-refractivity contribution in [1.29, 1.82) is 0 Å². The summed E-state index contributed by atoms with van der Waals surface area (Å²) in [6.07, 6.45) is 3.23. The Balaban J connectivity index is 1.84. The molecule has 0 bridgehead atoms. The lowest BCUT2D eigenvalue weighted by molar-refractivity contribution is 0.413. The molecule has 3 heteroatoms. The van der Waals surface area contributed by atoms with E-state index < -0.39 is 0 Å². The Hall–Kier alpha value is -1.77. The van der Waals surface area contributed by atoms with Crippen molar-refractivity contribution >= 4 is 5.88 Å². The zero-order chi connectivity index (χ0) is 13.4. The molecule has 0 aliphatic heterocycles. The molecular weight excluding hydrogens is 236 g/mol. The van der Waals surface area contributed by atoms with Crippen LogP contribution in [0.5, 0.6) is 0 Å². The van der Waals surface area contributed by atoms with Crippen LogP contribution in [0, 0.1) is 6.92 Å². The lowest BCUT2D eigenvalue weighted by Crippen LogP contribution is -2.15. The highest BCUT2D eigenvalue weighted by Gasteiger charge is 2.26. The predicted molar refractivity (Wildman–Crippen MR) is 76.8 cm³/mol. The van der Waals surface area contributed by atoms with Crippen molar-refractivity contribution in [3.05, 3.63) is 46.6 Å². The molecule has 1 atom stereocenters. The number of rotatable bonds is 2. The minimum absolute atomic E-state index is 0.577. The number of anilines is 1. The molecule has 100 valence electrons. The highest BCUT2D eigenvalue weighted by atomic mass is 16.5. The van der Waals surface area contributed by atoms with E-state index in [1.807, 2.05) is 19.0 Å². The molecule has 1 aromatic heterocycles. The Labute approximate surface area is 114 Å². The fraction of sp³-hybridized carbons (Fsp3) is 0.438. The van der Waals surface area contributed by atoms with Crippen LogP contribution in [0.25, 0.3) is 0 Å². The maximum Gasteiger partial charge on any atom is 0.230 e. The largest absolute Gasteiger partial charge is 0.347 e. The minimum atomic E-state index is 0.577. The van der Waals surface area contributed by atoms with Crippen molar-refractivity contribution in [2.45, 2.75) is 32.1 Å². The Morgan fingerprint density at radius 2 is 1.95 bits per heavy atom. The number of nitrogens with zero attached hydrogens (tertiary/aromatic N) is 2. The van der Waals surface area contributed by atoms with Crippen LogP contribution in [0.15, 0.2) is 28.8 Å². The molecule has 0 fully saturated rings. The quantitative estimate of drug-likeness (QED) is 0.825. The van der Waals surface area contributed by atoms with Gasteiger partial charge in [-0.25, -0.2) is 0 Å². The molecule has 0 spiro atoms. The Bertz CT molecular complexity index is 569. The van der Waals surface area contributed by atoms with Gasteiger partial charge < -0.3 is 9.42 Å². The number of hydrogen-bond donors (Lipinski definition) is 0. The van der Waals surface area contributed by atoms with Crippen molar-refractivity contribution in [3.63, 3.8) is 0 Å². The summed E-state index contributed by atoms with van der Waals surface area (Å²) in [4.78, 5) is 2.01. The first kappa shape index (κ1) is 12.3. The smallest absolute Gasteiger partial charge is 0.230 e. The number of aromatic nitrogens is 1. The van der Waals surface area contributed by atoms with Gasteiger partial charge >= 0.3 is 0 Å². The molecule has 2 aromatic rings. The first-order valence-electron chi connectivity index (χ1n) is 6.86. The van der Waals surface area contributed by atoms with E-state index in [-0.39, 0.29) is 0 Å². The predicted octanol–water partition coefficient (Wildman–Crippen LogP) is 3.32. The average Bonchev–Trinajstić information content (AvgIpc) is 2.82. The van der Waals surface area contributed by atoms with Gasteiger partial charge in [0.15, 0.2) is 0 Å². The number of hydrogen-bond acceptors (Lipinski definition) is 3. The first-order chi connectivity index (χ1) is 9.15. The summed E-state index contributed by atoms with van der Waals surface area (Å²) in [5.74, 6) is 1.51. The summed E-state index contributed by atoms with van der Waals surface area (Å²) in [5, 5.41) is 4.25. The van der Waals surface area contributed by atoms with Gasteiger partial charge in [0, 0.05) is 26.1 Å². The lowest BCUT2D eigenvalue weighted by Gasteiger charge is -2.22. The van der Waals surface area contributed by atoms with E-state index in [9.17, 15) is 0 Å². The van der Waals surface area contributed by atoms with Gasteiger partial charge in [-0.15, -0.1) is 0 Å². The topological polar surface area (TPSA) is 29.3 Å². The fourth-order valence-corrected chi connectivity index (χ4v) is 2.87. The molecule has 3 rings (SSSR count). The van der Waals surface area contributed by atoms with Crippen LogP contribution < -0.4 is 4.90 Å². The number of aryl methyl sites for hydroxylation is 1. The molecule has 1 aliphatic carbocycles. The monoisotopic (exact) mass is 256 g/mol. The zero-order valence-electron chi connectivity index (χ0n) is 11.8. The molecule has 0 radical (unpaired) electrons. The molecule has 0 saturated heterocycles. The highest BCUT2D eigenvalue weighted by Crippen LogP contribution is 2.36. The van der Waals surface area contributed by atoms with E-state index in [2.05, 4.69) is 36.3 Å². The Kier molecular flexibility index (Phi) is 3.05. The Morgan fingerprint density at radius 3 is 2.63 bits per heavy atom. The minimum Gasteiger partial charge on any atom is -0.347 e. The van der Waals surface area contributed by atoms with Crippen molar-refractivity contribution in [1.82, 2.24) is 5.16 Å². The second-order valence-electron chi connectivity index (χ2n) is 5.66. The third-order valence-corrected chi connectivity index (χ3v) is 3.99. The fourth-order valence-electron chi connectivity index (χ4n) is 2.87. The molecular formula is C16H20N2O. The van der Waals surface area contributed by atoms with Gasteiger partial charge in [-0.2, -0.15) is 0 Å². The van der Waals surface area contributed by atoms with Gasteiger partial charge in [0.05, 0.1) is 5.69 Å². The standard InChI is InChI=1S/C16H20N2O/c1-11-4-6-12(7-5-11)13-8-9-14-15(10-13)17-19-16(14)18(2)3/h4-7,13H,8-10H2,1-3H3. The van der Waals surface area contributed by atoms with E-state index in [1.54, 1.807) is 0 Å². The van der Waals surface area contributed by atoms with Gasteiger partial charge in [-0.05, 0) is 31.2 Å². The first-order valence-corrected chi connectivity index (χ1v) is 6.86. The number of fused-ring (bicyclic) bond motifs is 1. The van der Waals surface area contributed by atoms with Gasteiger partial charge in [-0.3, -0.25) is 0 Å². The van der Waals surface area contributed by atoms with Gasteiger partial charge in [0.25, 0.3) is 0 Å². The van der Waals surface area contributed by atoms with Crippen LogP contribution in [0.1, 0.15) is 34.7 Å². The van der Waals surface area contributed by atoms with E-state index in [1.165, 1.54) is 23.1 Å². The molecule has 1 aromatic carbocycles. The van der Waals surface area contributed by atoms with E-state index >= 15 is 0 Å². The van der Waals surface area contributed by atoms with E-state index in [0.29, 0.717) is 5.92 Å². The van der Waals surface area contributed by atoms with Crippen LogP contribution in [0.2, 0.25) is 0 Å². The van der Waals surface area contributed by atoms with Gasteiger partial charge in [0.2, 0.25) is 5.88 Å². The summed E-state index contributed by atoms with van der Waals surface area (Å²) in [5.41, 5.74) is 5.18. The zero-order valence-corrected chi connectivity index (χ0v) is 11.8. The van der Waals surface area contributed by atoms with Crippen LogP contribution >= 0.6 is 0 Å². The normalized spacial score (nSPS) is 18.2. The molecule has 19 heavy (non-hydrogen) atoms. The molecule has 0 amide bonds. The molecule has 0 saturated carbocycles. The van der Waals surface area contributed by atoms with E-state index in [0.717, 1.165) is 24.4 Å². The maximum absolute atomic E-state index is 5.46. The second-order valence-corrected chi connectivity index (χ2v) is 5.66. The molecule has 0 N–H and O–H groups in total. The van der Waals surface area contributed by atoms with Gasteiger partial charge in [0.1, 0.15) is 0 Å². The lowest BCUT2D eigenvalue weighted by atomic mass is 9.83. The molecule has 3 nitrogen and oxygen atoms in total. The SMILES string of the molecule is Cc1ccc(C2CCc3c(noc3N(C)C)C2)cc1. The van der Waals surface area contributed by atoms with Crippen LogP contribution in [-0.2, 0) is 12.8 Å². The Morgan fingerprint density at radius 1 is 1.21 bits per heavy atom. The third kappa shape index (κ3) is 2.25. The van der Waals surface area contributed by atoms with Crippen LogP contribution in [0.4, 0.5) is 5.88 Å². The molecule has 1 unspecified atom stereocenters. The van der Waals surface area contributed by atoms with Crippen molar-refractivity contribution < 1.29 is 4.52 Å². The van der Waals surface area contributed by atoms with Crippen molar-refractivity contribution in [2.75, 3.05) is 19.0 Å². The van der Waals surface area contributed by atoms with Crippen LogP contribution in [0.3, 0.4) is 0 Å². The van der Waals surface area contributed by atoms with Crippen molar-refractivity contribution in [3.8, 4) is 0 Å². The summed E-state index contributed by atoms with van der Waals surface area (Å²) in [7, 11) is 4.01. The second kappa shape index (κ2) is 4.72. The average molecular weight is 256 g/mol. The summed E-state index contributed by atoms with van der Waals surface area (Å²) >= 11 is 0. The molecule has 1 heterocycles. The summed E-state index contributed by atoms with van der Waals surface area (Å²) in [6.45, 7) is 2.13. The molecule has 1 aliphatic rings. The summed E-state index contributed by atoms with van der Waals surface area (Å²) in [6, 6.07) is 8.88. The van der Waals surface area contributed by atoms with Gasteiger partial charge in [-0.1, -0.05) is 35.0 Å². The third-order valence-electron chi connectivity index (χ3n) is 3.99. The summed E-state index contributed by atoms with van der Waals surface area (Å²) < 4.78 is 5.46.